The first-order valence-corrected chi connectivity index (χ1v) is 10.5. The lowest BCUT2D eigenvalue weighted by atomic mass is 9.97. The van der Waals surface area contributed by atoms with Crippen molar-refractivity contribution in [3.8, 4) is 17.6 Å². The number of benzene rings is 3. The molecule has 8 heteroatoms. The fourth-order valence-electron chi connectivity index (χ4n) is 3.91. The molecular weight excluding hydrogens is 453 g/mol. The van der Waals surface area contributed by atoms with Crippen LogP contribution in [0.2, 0.25) is 5.02 Å². The number of hydrogen-bond acceptors (Lipinski definition) is 3. The van der Waals surface area contributed by atoms with E-state index >= 15 is 0 Å². The van der Waals surface area contributed by atoms with Crippen LogP contribution in [0.25, 0.3) is 0 Å². The predicted molar refractivity (Wildman–Crippen MR) is 119 cm³/mol. The number of alkyl halides is 3. The summed E-state index contributed by atoms with van der Waals surface area (Å²) in [5.41, 5.74) is 0.787. The molecule has 168 valence electrons. The number of nitrogens with zero attached hydrogens (tertiary/aromatic N) is 2. The highest BCUT2D eigenvalue weighted by atomic mass is 35.5. The van der Waals surface area contributed by atoms with Crippen LogP contribution in [0, 0.1) is 18.3 Å². The van der Waals surface area contributed by atoms with Crippen molar-refractivity contribution >= 4 is 23.2 Å². The van der Waals surface area contributed by atoms with Gasteiger partial charge in [0.25, 0.3) is 0 Å². The van der Waals surface area contributed by atoms with Gasteiger partial charge in [-0.05, 0) is 43.3 Å². The van der Waals surface area contributed by atoms with E-state index in [-0.39, 0.29) is 29.7 Å². The first-order valence-electron chi connectivity index (χ1n) is 10.1. The van der Waals surface area contributed by atoms with Gasteiger partial charge in [0.1, 0.15) is 23.1 Å². The summed E-state index contributed by atoms with van der Waals surface area (Å²) in [7, 11) is 0. The van der Waals surface area contributed by atoms with Crippen molar-refractivity contribution in [2.24, 2.45) is 0 Å². The fourth-order valence-corrected chi connectivity index (χ4v) is 4.07. The Bertz CT molecular complexity index is 1250. The first-order chi connectivity index (χ1) is 15.7. The van der Waals surface area contributed by atoms with Crippen LogP contribution in [0.3, 0.4) is 0 Å². The average molecular weight is 471 g/mol. The number of anilines is 1. The quantitative estimate of drug-likeness (QED) is 0.419. The number of rotatable bonds is 4. The number of aryl methyl sites for hydroxylation is 1. The molecule has 1 heterocycles. The Morgan fingerprint density at radius 2 is 1.82 bits per heavy atom. The number of amides is 1. The van der Waals surface area contributed by atoms with Crippen LogP contribution in [0.4, 0.5) is 18.9 Å². The maximum atomic E-state index is 13.3. The summed E-state index contributed by atoms with van der Waals surface area (Å²) >= 11 is 6.13. The van der Waals surface area contributed by atoms with Gasteiger partial charge in [0, 0.05) is 35.2 Å². The molecule has 3 aromatic rings. The lowest BCUT2D eigenvalue weighted by Gasteiger charge is -2.19. The van der Waals surface area contributed by atoms with Gasteiger partial charge in [-0.15, -0.1) is 0 Å². The summed E-state index contributed by atoms with van der Waals surface area (Å²) in [6, 6.07) is 17.3. The standard InChI is InChI=1S/C25H18ClF3N2O2/c1-15-5-8-18(9-6-15)31-14-16(11-24(31)32)19-10-7-17(26)12-23(19)33-22-4-2-3-21(20(22)13-30)25(27,28)29/h2-10,12,16H,11,14H2,1H3. The van der Waals surface area contributed by atoms with Gasteiger partial charge >= 0.3 is 6.18 Å². The molecule has 0 spiro atoms. The van der Waals surface area contributed by atoms with Crippen LogP contribution in [0.5, 0.6) is 11.5 Å². The molecule has 1 saturated heterocycles. The smallest absolute Gasteiger partial charge is 0.417 e. The molecule has 4 nitrogen and oxygen atoms in total. The fraction of sp³-hybridized carbons (Fsp3) is 0.200. The molecule has 0 aliphatic carbocycles. The molecule has 1 amide bonds. The molecule has 0 N–H and O–H groups in total. The maximum Gasteiger partial charge on any atom is 0.417 e. The summed E-state index contributed by atoms with van der Waals surface area (Å²) in [5, 5.41) is 9.70. The van der Waals surface area contributed by atoms with Crippen LogP contribution >= 0.6 is 11.6 Å². The molecule has 1 unspecified atom stereocenters. The molecule has 1 aliphatic rings. The maximum absolute atomic E-state index is 13.3. The third kappa shape index (κ3) is 4.67. The minimum Gasteiger partial charge on any atom is -0.456 e. The summed E-state index contributed by atoms with van der Waals surface area (Å²) in [6.45, 7) is 2.34. The Morgan fingerprint density at radius 1 is 1.09 bits per heavy atom. The summed E-state index contributed by atoms with van der Waals surface area (Å²) < 4.78 is 45.8. The lowest BCUT2D eigenvalue weighted by Crippen LogP contribution is -2.24. The molecule has 3 aromatic carbocycles. The second-order valence-corrected chi connectivity index (χ2v) is 8.25. The minimum atomic E-state index is -4.70. The predicted octanol–water partition coefficient (Wildman–Crippen LogP) is 6.85. The topological polar surface area (TPSA) is 53.3 Å². The van der Waals surface area contributed by atoms with E-state index in [1.165, 1.54) is 18.2 Å². The van der Waals surface area contributed by atoms with Crippen LogP contribution in [-0.4, -0.2) is 12.5 Å². The van der Waals surface area contributed by atoms with Gasteiger partial charge in [-0.2, -0.15) is 18.4 Å². The highest BCUT2D eigenvalue weighted by Crippen LogP contribution is 2.41. The van der Waals surface area contributed by atoms with Crippen LogP contribution in [0.15, 0.2) is 60.7 Å². The average Bonchev–Trinajstić information content (AvgIpc) is 3.15. The second-order valence-electron chi connectivity index (χ2n) is 7.81. The van der Waals surface area contributed by atoms with Gasteiger partial charge in [0.15, 0.2) is 0 Å². The molecule has 33 heavy (non-hydrogen) atoms. The molecule has 0 radical (unpaired) electrons. The Balaban J connectivity index is 1.68. The van der Waals surface area contributed by atoms with Gasteiger partial charge in [-0.3, -0.25) is 4.79 Å². The molecular formula is C25H18ClF3N2O2. The van der Waals surface area contributed by atoms with Gasteiger partial charge in [0.2, 0.25) is 5.91 Å². The first kappa shape index (κ1) is 22.7. The van der Waals surface area contributed by atoms with E-state index in [2.05, 4.69) is 0 Å². The highest BCUT2D eigenvalue weighted by Gasteiger charge is 2.36. The zero-order valence-corrected chi connectivity index (χ0v) is 18.2. The molecule has 4 rings (SSSR count). The highest BCUT2D eigenvalue weighted by molar-refractivity contribution is 6.30. The molecule has 0 bridgehead atoms. The van der Waals surface area contributed by atoms with E-state index in [9.17, 15) is 23.2 Å². The largest absolute Gasteiger partial charge is 0.456 e. The van der Waals surface area contributed by atoms with Gasteiger partial charge < -0.3 is 9.64 Å². The van der Waals surface area contributed by atoms with E-state index in [4.69, 9.17) is 16.3 Å². The number of ether oxygens (including phenoxy) is 1. The van der Waals surface area contributed by atoms with E-state index in [1.54, 1.807) is 23.1 Å². The molecule has 1 aliphatic heterocycles. The monoisotopic (exact) mass is 470 g/mol. The van der Waals surface area contributed by atoms with Crippen LogP contribution in [0.1, 0.15) is 34.6 Å². The summed E-state index contributed by atoms with van der Waals surface area (Å²) in [5.74, 6) is -0.346. The number of halogens is 4. The molecule has 1 atom stereocenters. The third-order valence-electron chi connectivity index (χ3n) is 5.55. The van der Waals surface area contributed by atoms with Crippen molar-refractivity contribution in [1.29, 1.82) is 5.26 Å². The Hall–Kier alpha value is -3.50. The Labute approximate surface area is 193 Å². The Morgan fingerprint density at radius 3 is 2.48 bits per heavy atom. The normalized spacial score (nSPS) is 16.1. The van der Waals surface area contributed by atoms with Crippen molar-refractivity contribution in [3.63, 3.8) is 0 Å². The van der Waals surface area contributed by atoms with E-state index in [1.807, 2.05) is 31.2 Å². The number of nitriles is 1. The van der Waals surface area contributed by atoms with E-state index in [0.717, 1.165) is 17.3 Å². The zero-order chi connectivity index (χ0) is 23.8. The van der Waals surface area contributed by atoms with E-state index < -0.39 is 17.3 Å². The van der Waals surface area contributed by atoms with Gasteiger partial charge in [-0.25, -0.2) is 0 Å². The van der Waals surface area contributed by atoms with Crippen LogP contribution < -0.4 is 9.64 Å². The SMILES string of the molecule is Cc1ccc(N2CC(c3ccc(Cl)cc3Oc3cccc(C(F)(F)F)c3C#N)CC2=O)cc1. The minimum absolute atomic E-state index is 0.0680. The second kappa shape index (κ2) is 8.80. The summed E-state index contributed by atoms with van der Waals surface area (Å²) in [6.07, 6.45) is -4.49. The zero-order valence-electron chi connectivity index (χ0n) is 17.5. The lowest BCUT2D eigenvalue weighted by molar-refractivity contribution is -0.137. The number of hydrogen-bond donors (Lipinski definition) is 0. The van der Waals surface area contributed by atoms with Crippen molar-refractivity contribution < 1.29 is 22.7 Å². The van der Waals surface area contributed by atoms with E-state index in [0.29, 0.717) is 17.1 Å². The summed E-state index contributed by atoms with van der Waals surface area (Å²) in [4.78, 5) is 14.4. The Kier molecular flexibility index (Phi) is 6.05. The van der Waals surface area contributed by atoms with Crippen molar-refractivity contribution in [1.82, 2.24) is 0 Å². The van der Waals surface area contributed by atoms with Gasteiger partial charge in [-0.1, -0.05) is 41.4 Å². The number of carbonyl (C=O) groups excluding carboxylic acids is 1. The molecule has 0 saturated carbocycles. The van der Waals surface area contributed by atoms with Crippen molar-refractivity contribution in [3.05, 3.63) is 87.9 Å². The van der Waals surface area contributed by atoms with Crippen molar-refractivity contribution in [2.45, 2.75) is 25.4 Å². The van der Waals surface area contributed by atoms with Crippen LogP contribution in [-0.2, 0) is 11.0 Å². The van der Waals surface area contributed by atoms with Gasteiger partial charge in [0.05, 0.1) is 5.56 Å². The molecule has 0 aromatic heterocycles. The molecule has 1 fully saturated rings. The van der Waals surface area contributed by atoms with Crippen molar-refractivity contribution in [2.75, 3.05) is 11.4 Å². The number of carbonyl (C=O) groups is 1. The third-order valence-corrected chi connectivity index (χ3v) is 5.78.